The van der Waals surface area contributed by atoms with Crippen LogP contribution in [-0.4, -0.2) is 128 Å². The fourth-order valence-corrected chi connectivity index (χ4v) is 17.4. The Kier molecular flexibility index (Phi) is 28.9. The molecule has 3 aliphatic carbocycles. The number of benzene rings is 8. The molecule has 0 bridgehead atoms. The summed E-state index contributed by atoms with van der Waals surface area (Å²) in [5, 5.41) is 44.2. The number of aromatic amines is 6. The highest BCUT2D eigenvalue weighted by atomic mass is 35.5. The molecule has 2 unspecified atom stereocenters. The molecule has 12 N–H and O–H groups in total. The number of nitrogens with one attached hydrogen (secondary N) is 12. The van der Waals surface area contributed by atoms with Gasteiger partial charge in [0.15, 0.2) is 11.5 Å². The maximum atomic E-state index is 13.9. The van der Waals surface area contributed by atoms with Crippen LogP contribution < -0.4 is 41.4 Å². The van der Waals surface area contributed by atoms with Gasteiger partial charge in [0.25, 0.3) is 41.9 Å². The summed E-state index contributed by atoms with van der Waals surface area (Å²) >= 11 is 29.1. The van der Waals surface area contributed by atoms with Gasteiger partial charge < -0.3 is 71.3 Å². The fourth-order valence-electron chi connectivity index (χ4n) is 16.5. The Balaban J connectivity index is 0.000000119. The van der Waals surface area contributed by atoms with Crippen LogP contribution in [0.3, 0.4) is 0 Å². The molecule has 41 heteroatoms. The van der Waals surface area contributed by atoms with Crippen molar-refractivity contribution >= 4 is 159 Å². The van der Waals surface area contributed by atoms with E-state index in [4.69, 9.17) is 67.5 Å². The predicted molar refractivity (Wildman–Crippen MR) is 538 cm³/mol. The summed E-state index contributed by atoms with van der Waals surface area (Å²) in [4.78, 5) is 92.5. The molecule has 0 saturated heterocycles. The van der Waals surface area contributed by atoms with Gasteiger partial charge in [-0.2, -0.15) is 25.5 Å². The number of H-pyrrole nitrogens is 6. The Bertz CT molecular complexity index is 7960. The number of aromatic nitrogens is 16. The van der Waals surface area contributed by atoms with Crippen molar-refractivity contribution in [1.82, 2.24) is 111 Å². The van der Waals surface area contributed by atoms with E-state index in [9.17, 15) is 55.1 Å². The molecule has 3 atom stereocenters. The van der Waals surface area contributed by atoms with Crippen LogP contribution in [0.4, 0.5) is 26.3 Å². The number of rotatable bonds is 22. The second-order valence-electron chi connectivity index (χ2n) is 35.4. The van der Waals surface area contributed by atoms with E-state index in [0.717, 1.165) is 93.9 Å². The number of nitrogens with zero attached hydrogens (tertiary/aromatic N) is 10. The second kappa shape index (κ2) is 41.6. The zero-order valence-corrected chi connectivity index (χ0v) is 82.2. The molecule has 3 saturated carbocycles. The topological polar surface area (TPSA) is 377 Å². The molecule has 740 valence electrons. The lowest BCUT2D eigenvalue weighted by Gasteiger charge is -2.15. The SMILES string of the molecule is CC(NC(=O)c1cc2cc(Cl)c(F)cc2[nH]1)c1cnn(C)c1.COc1ccc(-n2cc(C(C)NC(=O)c3cc4cc(Cl)ccc4[nH]3)cn2)cc1OC.C[C@@H](NC(=O)c1cc2cc(Cl)c(F)cc2[nH]1)c1ccccc1.Cn1cc(C2(NC(=O)c3cc4cc(Cl)c(F)cc4[nH]3)CC2)cn1.Cn1cc(C2(NC(=O)c3cc4cc(Cl)cc(F)c4[nH]3)CC2)cn1.Cn1cc(C2(NC(=O)c3cc4ccc(C(F)F)cc4[nH]3)CC2)cn1. The number of alkyl halides is 2. The van der Waals surface area contributed by atoms with Crippen molar-refractivity contribution < 1.29 is 64.6 Å². The van der Waals surface area contributed by atoms with Gasteiger partial charge in [0.2, 0.25) is 0 Å². The van der Waals surface area contributed by atoms with Crippen LogP contribution in [-0.2, 0) is 44.8 Å². The van der Waals surface area contributed by atoms with Crippen LogP contribution in [0.2, 0.25) is 25.1 Å². The van der Waals surface area contributed by atoms with E-state index in [0.29, 0.717) is 99.3 Å². The number of halogens is 11. The first kappa shape index (κ1) is 100. The molecule has 11 heterocycles. The Morgan fingerprint density at radius 3 is 1.15 bits per heavy atom. The van der Waals surface area contributed by atoms with E-state index >= 15 is 0 Å². The Hall–Kier alpha value is -15.5. The number of ether oxygens (including phenoxy) is 2. The standard InChI is InChI=1S/C22H21ClN4O3.C17H14ClFN2O.C17H16F2N4O.2C16H14ClFN4O.C15H14ClFN4O/c1-13(25-22(28)19-9-14-8-16(23)4-6-18(14)26-19)15-11-24-27(12-15)17-5-7-20(29-2)21(10-17)30-3;1-10(11-5-3-2-4-6-11)20-17(22)16-8-12-7-13(18)14(19)9-15(12)21-16;1-23-9-12(8-20-23)17(4-5-17)22-16(24)14-6-10-2-3-11(15(18)19)7-13(10)21-14;1-22-8-10(7-19-22)16(2-3-16)21-15(23)14-5-9-4-11(17)12(18)6-13(9)20-14;1-22-8-10(7-19-22)16(2-3-16)21-15(23)13-5-9-4-11(17)6-12(18)14(9)20-13;1-8(10-6-18-21(2)7-10)19-15(22)14-4-9-3-11(16)12(17)5-13(9)20-14/h4-13,26H,1-3H3,(H,25,28);2-10,21H,1H3,(H,20,22);2-3,6-9,15,21H,4-5H2,1H3,(H,22,24);2*4-8,20H,2-3H2,1H3,(H,21,23);3-8,20H,1-2H3,(H,19,22)/t;10-;;;;/m.1..../s1. The third kappa shape index (κ3) is 22.7. The Morgan fingerprint density at radius 2 is 0.729 bits per heavy atom. The number of hydrogen-bond acceptors (Lipinski definition) is 13. The van der Waals surface area contributed by atoms with Gasteiger partial charge in [0.05, 0.1) is 106 Å². The van der Waals surface area contributed by atoms with Gasteiger partial charge in [-0.15, -0.1) is 0 Å². The zero-order valence-electron chi connectivity index (χ0n) is 78.4. The predicted octanol–water partition coefficient (Wildman–Crippen LogP) is 21.6. The summed E-state index contributed by atoms with van der Waals surface area (Å²) in [6, 6.07) is 45.7. The highest BCUT2D eigenvalue weighted by molar-refractivity contribution is 6.33. The number of amides is 6. The minimum Gasteiger partial charge on any atom is -0.493 e. The van der Waals surface area contributed by atoms with Gasteiger partial charge in [-0.05, 0) is 186 Å². The molecule has 11 aromatic heterocycles. The zero-order chi connectivity index (χ0) is 102. The number of carbonyl (C=O) groups is 6. The van der Waals surface area contributed by atoms with Crippen molar-refractivity contribution in [2.24, 2.45) is 28.2 Å². The average Bonchev–Trinajstić information content (AvgIpc) is 1.61. The third-order valence-electron chi connectivity index (χ3n) is 25.0. The smallest absolute Gasteiger partial charge is 0.268 e. The molecule has 6 amide bonds. The van der Waals surface area contributed by atoms with Crippen LogP contribution in [0.25, 0.3) is 71.1 Å². The summed E-state index contributed by atoms with van der Waals surface area (Å²) in [7, 11) is 10.5. The normalized spacial score (nSPS) is 14.0. The molecule has 8 aromatic carbocycles. The third-order valence-corrected chi connectivity index (χ3v) is 26.3. The molecule has 3 fully saturated rings. The number of hydrogen-bond donors (Lipinski definition) is 12. The van der Waals surface area contributed by atoms with E-state index in [2.05, 4.69) is 87.3 Å². The van der Waals surface area contributed by atoms with E-state index in [1.807, 2.05) is 141 Å². The minimum atomic E-state index is -2.53. The summed E-state index contributed by atoms with van der Waals surface area (Å²) in [5.74, 6) is -2.21. The molecular formula is C103H93Cl5F6N22O8. The largest absolute Gasteiger partial charge is 0.493 e. The van der Waals surface area contributed by atoms with E-state index < -0.39 is 29.7 Å². The lowest BCUT2D eigenvalue weighted by Crippen LogP contribution is -2.34. The fraction of sp³-hybridized carbons (Fsp3) is 0.214. The van der Waals surface area contributed by atoms with Crippen molar-refractivity contribution in [1.29, 1.82) is 0 Å². The molecular weight excluding hydrogens is 1960 g/mol. The van der Waals surface area contributed by atoms with E-state index in [1.54, 1.807) is 123 Å². The van der Waals surface area contributed by atoms with Crippen LogP contribution in [0, 0.1) is 23.3 Å². The van der Waals surface area contributed by atoms with Crippen molar-refractivity contribution in [3.05, 3.63) is 353 Å². The summed E-state index contributed by atoms with van der Waals surface area (Å²) in [5.41, 5.74) is 11.0. The Labute approximate surface area is 842 Å². The molecule has 0 spiro atoms. The van der Waals surface area contributed by atoms with Gasteiger partial charge in [0, 0.05) is 169 Å². The van der Waals surface area contributed by atoms with Gasteiger partial charge in [-0.25, -0.2) is 31.0 Å². The van der Waals surface area contributed by atoms with Crippen molar-refractivity contribution in [3.8, 4) is 17.2 Å². The van der Waals surface area contributed by atoms with Crippen LogP contribution >= 0.6 is 58.0 Å². The first-order valence-electron chi connectivity index (χ1n) is 45.1. The molecule has 0 radical (unpaired) electrons. The average molecular weight is 2060 g/mol. The molecule has 30 nitrogen and oxygen atoms in total. The van der Waals surface area contributed by atoms with Crippen LogP contribution in [0.1, 0.15) is 186 Å². The van der Waals surface area contributed by atoms with Gasteiger partial charge >= 0.3 is 0 Å². The molecule has 22 rings (SSSR count). The molecule has 144 heavy (non-hydrogen) atoms. The highest BCUT2D eigenvalue weighted by Gasteiger charge is 2.49. The van der Waals surface area contributed by atoms with Crippen molar-refractivity contribution in [2.45, 2.75) is 100 Å². The van der Waals surface area contributed by atoms with Gasteiger partial charge in [0.1, 0.15) is 57.4 Å². The number of carbonyl (C=O) groups excluding carboxylic acids is 6. The maximum absolute atomic E-state index is 13.9. The summed E-state index contributed by atoms with van der Waals surface area (Å²) in [6.07, 6.45) is 20.8. The first-order chi connectivity index (χ1) is 68.9. The summed E-state index contributed by atoms with van der Waals surface area (Å²) in [6.45, 7) is 5.69. The van der Waals surface area contributed by atoms with E-state index in [-0.39, 0.29) is 96.3 Å². The highest BCUT2D eigenvalue weighted by Crippen LogP contribution is 2.48. The first-order valence-corrected chi connectivity index (χ1v) is 47.0. The van der Waals surface area contributed by atoms with Crippen LogP contribution in [0.15, 0.2) is 232 Å². The second-order valence-corrected chi connectivity index (χ2v) is 37.5. The molecule has 0 aliphatic heterocycles. The molecule has 19 aromatic rings. The van der Waals surface area contributed by atoms with Crippen molar-refractivity contribution in [2.75, 3.05) is 14.2 Å². The Morgan fingerprint density at radius 1 is 0.347 bits per heavy atom. The summed E-state index contributed by atoms with van der Waals surface area (Å²) < 4.78 is 99.0. The lowest BCUT2D eigenvalue weighted by molar-refractivity contribution is 0.0918. The number of methoxy groups -OCH3 is 2. The monoisotopic (exact) mass is 2050 g/mol. The minimum absolute atomic E-state index is 0.0298. The van der Waals surface area contributed by atoms with Crippen molar-refractivity contribution in [3.63, 3.8) is 0 Å². The molecule has 3 aliphatic rings. The lowest BCUT2D eigenvalue weighted by atomic mass is 10.1. The van der Waals surface area contributed by atoms with E-state index in [1.165, 1.54) is 54.6 Å². The number of fused-ring (bicyclic) bond motifs is 6. The quantitative estimate of drug-likeness (QED) is 0.0281. The maximum Gasteiger partial charge on any atom is 0.268 e. The number of aryl methyl sites for hydroxylation is 4. The van der Waals surface area contributed by atoms with Gasteiger partial charge in [-0.1, -0.05) is 100 Å². The van der Waals surface area contributed by atoms with Gasteiger partial charge in [-0.3, -0.25) is 47.5 Å². The van der Waals surface area contributed by atoms with Crippen LogP contribution in [0.5, 0.6) is 11.5 Å².